The lowest BCUT2D eigenvalue weighted by atomic mass is 10.0. The third-order valence-electron chi connectivity index (χ3n) is 3.72. The van der Waals surface area contributed by atoms with Crippen LogP contribution in [0.15, 0.2) is 53.4 Å². The van der Waals surface area contributed by atoms with Gasteiger partial charge in [0.25, 0.3) is 10.0 Å². The van der Waals surface area contributed by atoms with Crippen molar-refractivity contribution in [2.24, 2.45) is 0 Å². The predicted molar refractivity (Wildman–Crippen MR) is 98.1 cm³/mol. The van der Waals surface area contributed by atoms with E-state index in [9.17, 15) is 13.2 Å². The van der Waals surface area contributed by atoms with Gasteiger partial charge in [-0.25, -0.2) is 8.42 Å². The molecule has 25 heavy (non-hydrogen) atoms. The van der Waals surface area contributed by atoms with Crippen LogP contribution in [0.4, 0.5) is 5.69 Å². The van der Waals surface area contributed by atoms with E-state index in [-0.39, 0.29) is 17.3 Å². The fourth-order valence-electron chi connectivity index (χ4n) is 2.32. The van der Waals surface area contributed by atoms with E-state index in [0.29, 0.717) is 18.2 Å². The molecule has 2 aromatic carbocycles. The molecule has 0 aliphatic heterocycles. The van der Waals surface area contributed by atoms with Gasteiger partial charge in [0.1, 0.15) is 0 Å². The summed E-state index contributed by atoms with van der Waals surface area (Å²) in [5.41, 5.74) is 2.30. The Bertz CT molecular complexity index is 810. The van der Waals surface area contributed by atoms with Crippen molar-refractivity contribution in [3.63, 3.8) is 0 Å². The van der Waals surface area contributed by atoms with Crippen LogP contribution in [0, 0.1) is 0 Å². The van der Waals surface area contributed by atoms with Crippen molar-refractivity contribution in [1.82, 2.24) is 0 Å². The van der Waals surface area contributed by atoms with Crippen molar-refractivity contribution in [1.29, 1.82) is 0 Å². The number of anilines is 1. The molecular weight excluding hydrogens is 338 g/mol. The lowest BCUT2D eigenvalue weighted by Gasteiger charge is -2.10. The van der Waals surface area contributed by atoms with Crippen LogP contribution in [0.5, 0.6) is 0 Å². The first-order chi connectivity index (χ1) is 11.8. The van der Waals surface area contributed by atoms with Gasteiger partial charge in [-0.15, -0.1) is 0 Å². The van der Waals surface area contributed by atoms with E-state index in [4.69, 9.17) is 4.74 Å². The smallest absolute Gasteiger partial charge is 0.310 e. The van der Waals surface area contributed by atoms with Crippen LogP contribution in [0.2, 0.25) is 0 Å². The Morgan fingerprint density at radius 3 is 2.16 bits per heavy atom. The summed E-state index contributed by atoms with van der Waals surface area (Å²) < 4.78 is 32.3. The maximum atomic E-state index is 12.4. The van der Waals surface area contributed by atoms with Gasteiger partial charge in [-0.3, -0.25) is 9.52 Å². The molecular formula is C19H23NO4S. The number of carbonyl (C=O) groups excluding carboxylic acids is 1. The maximum absolute atomic E-state index is 12.4. The van der Waals surface area contributed by atoms with Crippen LogP contribution in [-0.4, -0.2) is 21.0 Å². The van der Waals surface area contributed by atoms with E-state index >= 15 is 0 Å². The molecule has 0 radical (unpaired) electrons. The molecule has 0 amide bonds. The van der Waals surface area contributed by atoms with Crippen LogP contribution in [-0.2, 0) is 26.0 Å². The van der Waals surface area contributed by atoms with Gasteiger partial charge in [0, 0.05) is 5.69 Å². The van der Waals surface area contributed by atoms with Gasteiger partial charge < -0.3 is 4.74 Å². The number of hydrogen-bond donors (Lipinski definition) is 1. The van der Waals surface area contributed by atoms with Crippen molar-refractivity contribution in [2.75, 3.05) is 11.3 Å². The Hall–Kier alpha value is -2.34. The molecule has 0 saturated heterocycles. The van der Waals surface area contributed by atoms with Gasteiger partial charge in [0.2, 0.25) is 0 Å². The lowest BCUT2D eigenvalue weighted by molar-refractivity contribution is -0.142. The van der Waals surface area contributed by atoms with Crippen LogP contribution in [0.3, 0.4) is 0 Å². The molecule has 0 bridgehead atoms. The summed E-state index contributed by atoms with van der Waals surface area (Å²) in [6.07, 6.45) is 0.164. The number of ether oxygens (including phenoxy) is 1. The van der Waals surface area contributed by atoms with Gasteiger partial charge in [0.05, 0.1) is 17.9 Å². The zero-order valence-electron chi connectivity index (χ0n) is 14.7. The van der Waals surface area contributed by atoms with E-state index in [2.05, 4.69) is 18.6 Å². The minimum absolute atomic E-state index is 0.164. The molecule has 0 unspecified atom stereocenters. The largest absolute Gasteiger partial charge is 0.466 e. The van der Waals surface area contributed by atoms with Crippen LogP contribution in [0.25, 0.3) is 0 Å². The highest BCUT2D eigenvalue weighted by Gasteiger charge is 2.14. The Kier molecular flexibility index (Phi) is 6.20. The minimum Gasteiger partial charge on any atom is -0.466 e. The van der Waals surface area contributed by atoms with E-state index in [1.165, 1.54) is 0 Å². The zero-order chi connectivity index (χ0) is 18.4. The number of carbonyl (C=O) groups is 1. The Morgan fingerprint density at radius 2 is 1.64 bits per heavy atom. The molecule has 0 aromatic heterocycles. The van der Waals surface area contributed by atoms with Crippen molar-refractivity contribution >= 4 is 21.7 Å². The van der Waals surface area contributed by atoms with Crippen molar-refractivity contribution in [2.45, 2.75) is 38.0 Å². The second kappa shape index (κ2) is 8.16. The number of esters is 1. The van der Waals surface area contributed by atoms with Gasteiger partial charge in [0.15, 0.2) is 0 Å². The SMILES string of the molecule is CCOC(=O)Cc1ccc(NS(=O)(=O)c2ccc(C(C)C)cc2)cc1. The van der Waals surface area contributed by atoms with Crippen molar-refractivity contribution in [3.8, 4) is 0 Å². The molecule has 0 heterocycles. The van der Waals surface area contributed by atoms with Crippen LogP contribution >= 0.6 is 0 Å². The zero-order valence-corrected chi connectivity index (χ0v) is 15.5. The average molecular weight is 361 g/mol. The average Bonchev–Trinajstić information content (AvgIpc) is 2.57. The van der Waals surface area contributed by atoms with E-state index in [0.717, 1.165) is 11.1 Å². The highest BCUT2D eigenvalue weighted by Crippen LogP contribution is 2.20. The lowest BCUT2D eigenvalue weighted by Crippen LogP contribution is -2.13. The number of rotatable bonds is 7. The normalized spacial score (nSPS) is 11.4. The third-order valence-corrected chi connectivity index (χ3v) is 5.11. The third kappa shape index (κ3) is 5.32. The minimum atomic E-state index is -3.64. The summed E-state index contributed by atoms with van der Waals surface area (Å²) in [4.78, 5) is 11.7. The highest BCUT2D eigenvalue weighted by atomic mass is 32.2. The Labute approximate surface area is 149 Å². The standard InChI is InChI=1S/C19H23NO4S/c1-4-24-19(21)13-15-5-9-17(10-6-15)20-25(22,23)18-11-7-16(8-12-18)14(2)3/h5-12,14,20H,4,13H2,1-3H3. The molecule has 134 valence electrons. The number of hydrogen-bond acceptors (Lipinski definition) is 4. The quantitative estimate of drug-likeness (QED) is 0.763. The molecule has 2 rings (SSSR count). The first-order valence-corrected chi connectivity index (χ1v) is 9.67. The molecule has 0 saturated carbocycles. The second-order valence-corrected chi connectivity index (χ2v) is 7.69. The highest BCUT2D eigenvalue weighted by molar-refractivity contribution is 7.92. The maximum Gasteiger partial charge on any atom is 0.310 e. The fourth-order valence-corrected chi connectivity index (χ4v) is 3.37. The summed E-state index contributed by atoms with van der Waals surface area (Å²) in [7, 11) is -3.64. The van der Waals surface area contributed by atoms with Gasteiger partial charge in [-0.05, 0) is 48.2 Å². The van der Waals surface area contributed by atoms with E-state index in [1.807, 2.05) is 12.1 Å². The molecule has 0 fully saturated rings. The Morgan fingerprint density at radius 1 is 1.04 bits per heavy atom. The molecule has 6 heteroatoms. The number of benzene rings is 2. The van der Waals surface area contributed by atoms with Crippen LogP contribution < -0.4 is 4.72 Å². The van der Waals surface area contributed by atoms with Crippen molar-refractivity contribution in [3.05, 3.63) is 59.7 Å². The molecule has 0 aliphatic carbocycles. The number of sulfonamides is 1. The van der Waals surface area contributed by atoms with Crippen LogP contribution in [0.1, 0.15) is 37.8 Å². The molecule has 1 N–H and O–H groups in total. The summed E-state index contributed by atoms with van der Waals surface area (Å²) in [5.74, 6) is 0.0396. The topological polar surface area (TPSA) is 72.5 Å². The predicted octanol–water partition coefficient (Wildman–Crippen LogP) is 3.72. The van der Waals surface area contributed by atoms with Gasteiger partial charge in [-0.2, -0.15) is 0 Å². The van der Waals surface area contributed by atoms with Gasteiger partial charge >= 0.3 is 5.97 Å². The Balaban J connectivity index is 2.08. The molecule has 0 spiro atoms. The van der Waals surface area contributed by atoms with E-state index < -0.39 is 10.0 Å². The summed E-state index contributed by atoms with van der Waals surface area (Å²) in [6, 6.07) is 13.5. The molecule has 0 atom stereocenters. The van der Waals surface area contributed by atoms with Gasteiger partial charge in [-0.1, -0.05) is 38.1 Å². The van der Waals surface area contributed by atoms with E-state index in [1.54, 1.807) is 43.3 Å². The first-order valence-electron chi connectivity index (χ1n) is 8.19. The summed E-state index contributed by atoms with van der Waals surface area (Å²) >= 11 is 0. The second-order valence-electron chi connectivity index (χ2n) is 6.01. The summed E-state index contributed by atoms with van der Waals surface area (Å²) in [5, 5.41) is 0. The number of nitrogens with one attached hydrogen (secondary N) is 1. The molecule has 0 aliphatic rings. The molecule has 5 nitrogen and oxygen atoms in total. The summed E-state index contributed by atoms with van der Waals surface area (Å²) in [6.45, 7) is 6.20. The van der Waals surface area contributed by atoms with Crippen molar-refractivity contribution < 1.29 is 17.9 Å². The molecule has 2 aromatic rings. The first kappa shape index (κ1) is 19.0. The fraction of sp³-hybridized carbons (Fsp3) is 0.316. The monoisotopic (exact) mass is 361 g/mol.